The number of carbonyl (C=O) groups excluding carboxylic acids is 1. The number of hydrogen-bond acceptors (Lipinski definition) is 5. The molecule has 0 amide bonds. The molecule has 0 N–H and O–H groups in total. The van der Waals surface area contributed by atoms with E-state index in [4.69, 9.17) is 14.2 Å². The molecule has 2 rings (SSSR count). The van der Waals surface area contributed by atoms with Crippen molar-refractivity contribution in [2.45, 2.75) is 25.6 Å². The van der Waals surface area contributed by atoms with Crippen LogP contribution in [0.4, 0.5) is 0 Å². The molecule has 122 valence electrons. The second-order valence-corrected chi connectivity index (χ2v) is 5.36. The number of nitrogens with zero attached hydrogens (tertiary/aromatic N) is 1. The van der Waals surface area contributed by atoms with Gasteiger partial charge in [-0.25, -0.2) is 4.79 Å². The van der Waals surface area contributed by atoms with Gasteiger partial charge in [-0.2, -0.15) is 0 Å². The van der Waals surface area contributed by atoms with Crippen LogP contribution in [0.25, 0.3) is 0 Å². The van der Waals surface area contributed by atoms with Gasteiger partial charge in [0.25, 0.3) is 0 Å². The van der Waals surface area contributed by atoms with Gasteiger partial charge in [-0.1, -0.05) is 30.3 Å². The van der Waals surface area contributed by atoms with Crippen molar-refractivity contribution in [2.75, 3.05) is 14.2 Å². The topological polar surface area (TPSA) is 57.7 Å². The average Bonchev–Trinajstić information content (AvgIpc) is 2.61. The zero-order valence-electron chi connectivity index (χ0n) is 13.6. The molecule has 0 aliphatic carbocycles. The summed E-state index contributed by atoms with van der Waals surface area (Å²) in [5.41, 5.74) is 0.773. The smallest absolute Gasteiger partial charge is 0.338 e. The summed E-state index contributed by atoms with van der Waals surface area (Å²) in [5.74, 6) is 0.251. The van der Waals surface area contributed by atoms with Crippen molar-refractivity contribution in [1.29, 1.82) is 0 Å². The number of ether oxygens (including phenoxy) is 3. The van der Waals surface area contributed by atoms with E-state index in [2.05, 4.69) is 4.98 Å². The molecule has 0 aliphatic heterocycles. The lowest BCUT2D eigenvalue weighted by Crippen LogP contribution is -2.40. The molecule has 2 aromatic rings. The summed E-state index contributed by atoms with van der Waals surface area (Å²) < 4.78 is 15.7. The number of esters is 1. The van der Waals surface area contributed by atoms with Gasteiger partial charge in [0.1, 0.15) is 12.4 Å². The Hall–Kier alpha value is -2.40. The first-order valence-electron chi connectivity index (χ1n) is 7.32. The molecule has 1 unspecified atom stereocenters. The van der Waals surface area contributed by atoms with Crippen molar-refractivity contribution in [2.24, 2.45) is 0 Å². The summed E-state index contributed by atoms with van der Waals surface area (Å²) in [6.07, 6.45) is 1.97. The summed E-state index contributed by atoms with van der Waals surface area (Å²) in [7, 11) is 2.82. The van der Waals surface area contributed by atoms with Crippen molar-refractivity contribution in [1.82, 2.24) is 4.98 Å². The third-order valence-electron chi connectivity index (χ3n) is 3.63. The third-order valence-corrected chi connectivity index (χ3v) is 3.63. The molecule has 0 bridgehead atoms. The Kier molecular flexibility index (Phi) is 5.71. The molecule has 1 atom stereocenters. The lowest BCUT2D eigenvalue weighted by molar-refractivity contribution is -0.163. The fourth-order valence-electron chi connectivity index (χ4n) is 2.13. The van der Waals surface area contributed by atoms with E-state index in [0.29, 0.717) is 18.8 Å². The molecule has 1 heterocycles. The van der Waals surface area contributed by atoms with E-state index in [-0.39, 0.29) is 0 Å². The van der Waals surface area contributed by atoms with Crippen LogP contribution >= 0.6 is 0 Å². The Balaban J connectivity index is 1.97. The Morgan fingerprint density at radius 1 is 1.13 bits per heavy atom. The minimum atomic E-state index is -1.05. The average molecular weight is 315 g/mol. The Labute approximate surface area is 136 Å². The first-order valence-corrected chi connectivity index (χ1v) is 7.32. The van der Waals surface area contributed by atoms with Gasteiger partial charge in [0.2, 0.25) is 0 Å². The highest BCUT2D eigenvalue weighted by molar-refractivity contribution is 5.79. The number of methoxy groups -OCH3 is 2. The maximum atomic E-state index is 11.8. The van der Waals surface area contributed by atoms with Crippen molar-refractivity contribution >= 4 is 5.97 Å². The maximum absolute atomic E-state index is 11.8. The van der Waals surface area contributed by atoms with E-state index < -0.39 is 11.6 Å². The predicted octanol–water partition coefficient (Wildman–Crippen LogP) is 2.78. The number of rotatable bonds is 7. The summed E-state index contributed by atoms with van der Waals surface area (Å²) in [6, 6.07) is 13.6. The molecule has 1 aromatic carbocycles. The van der Waals surface area contributed by atoms with Gasteiger partial charge in [0, 0.05) is 19.2 Å². The van der Waals surface area contributed by atoms with E-state index in [0.717, 1.165) is 11.3 Å². The van der Waals surface area contributed by atoms with Crippen LogP contribution in [0.15, 0.2) is 48.7 Å². The Morgan fingerprint density at radius 3 is 2.43 bits per heavy atom. The number of carbonyl (C=O) groups is 1. The fraction of sp³-hybridized carbons (Fsp3) is 0.333. The number of benzene rings is 1. The van der Waals surface area contributed by atoms with Crippen molar-refractivity contribution in [3.63, 3.8) is 0 Å². The first-order chi connectivity index (χ1) is 11.1. The maximum Gasteiger partial charge on any atom is 0.338 e. The molecule has 0 saturated heterocycles. The minimum absolute atomic E-state index is 0.329. The normalized spacial score (nSPS) is 13.2. The quantitative estimate of drug-likeness (QED) is 0.735. The zero-order chi connectivity index (χ0) is 16.7. The van der Waals surface area contributed by atoms with Crippen LogP contribution in [-0.2, 0) is 27.3 Å². The predicted molar refractivity (Wildman–Crippen MR) is 86.1 cm³/mol. The van der Waals surface area contributed by atoms with Crippen LogP contribution in [-0.4, -0.2) is 30.8 Å². The molecule has 1 aromatic heterocycles. The lowest BCUT2D eigenvalue weighted by atomic mass is 9.99. The van der Waals surface area contributed by atoms with Gasteiger partial charge in [-0.15, -0.1) is 0 Å². The molecular weight excluding hydrogens is 294 g/mol. The van der Waals surface area contributed by atoms with E-state index >= 15 is 0 Å². The van der Waals surface area contributed by atoms with E-state index in [9.17, 15) is 4.79 Å². The molecule has 0 saturated carbocycles. The summed E-state index contributed by atoms with van der Waals surface area (Å²) in [4.78, 5) is 16.1. The van der Waals surface area contributed by atoms with Gasteiger partial charge in [-0.05, 0) is 24.6 Å². The van der Waals surface area contributed by atoms with E-state index in [1.165, 1.54) is 14.2 Å². The molecule has 23 heavy (non-hydrogen) atoms. The lowest BCUT2D eigenvalue weighted by Gasteiger charge is -2.24. The summed E-state index contributed by atoms with van der Waals surface area (Å²) in [6.45, 7) is 2.17. The molecule has 0 radical (unpaired) electrons. The van der Waals surface area contributed by atoms with Crippen molar-refractivity contribution in [3.8, 4) is 5.75 Å². The van der Waals surface area contributed by atoms with Crippen LogP contribution in [0.2, 0.25) is 0 Å². The first kappa shape index (κ1) is 17.0. The third kappa shape index (κ3) is 4.53. The van der Waals surface area contributed by atoms with Crippen LogP contribution < -0.4 is 4.74 Å². The van der Waals surface area contributed by atoms with E-state index in [1.807, 2.05) is 42.5 Å². The monoisotopic (exact) mass is 315 g/mol. The van der Waals surface area contributed by atoms with Gasteiger partial charge in [-0.3, -0.25) is 4.98 Å². The second-order valence-electron chi connectivity index (χ2n) is 5.36. The number of aromatic nitrogens is 1. The van der Waals surface area contributed by atoms with Gasteiger partial charge in [0.05, 0.1) is 13.3 Å². The minimum Gasteiger partial charge on any atom is -0.487 e. The second kappa shape index (κ2) is 7.74. The molecule has 0 fully saturated rings. The van der Waals surface area contributed by atoms with Gasteiger partial charge < -0.3 is 14.2 Å². The molecule has 0 spiro atoms. The van der Waals surface area contributed by atoms with Crippen molar-refractivity contribution in [3.05, 3.63) is 59.9 Å². The summed E-state index contributed by atoms with van der Waals surface area (Å²) in [5, 5.41) is 0. The number of pyridine rings is 1. The molecule has 0 aliphatic rings. The molecule has 5 nitrogen and oxygen atoms in total. The highest BCUT2D eigenvalue weighted by atomic mass is 16.6. The fourth-order valence-corrected chi connectivity index (χ4v) is 2.13. The Bertz CT molecular complexity index is 627. The van der Waals surface area contributed by atoms with Crippen LogP contribution in [0.5, 0.6) is 5.75 Å². The van der Waals surface area contributed by atoms with Gasteiger partial charge >= 0.3 is 5.97 Å². The van der Waals surface area contributed by atoms with Gasteiger partial charge in [0.15, 0.2) is 5.60 Å². The van der Waals surface area contributed by atoms with Crippen molar-refractivity contribution < 1.29 is 19.0 Å². The largest absolute Gasteiger partial charge is 0.487 e. The van der Waals surface area contributed by atoms with Crippen LogP contribution in [0, 0.1) is 0 Å². The van der Waals surface area contributed by atoms with Crippen LogP contribution in [0.3, 0.4) is 0 Å². The van der Waals surface area contributed by atoms with Crippen LogP contribution in [0.1, 0.15) is 18.2 Å². The molecule has 5 heteroatoms. The summed E-state index contributed by atoms with van der Waals surface area (Å²) >= 11 is 0. The standard InChI is InChI=1S/C18H21NO4/c1-18(22-3,17(20)21-2)11-15-9-10-16(12-19-15)23-13-14-7-5-4-6-8-14/h4-10,12H,11,13H2,1-3H3. The SMILES string of the molecule is COC(=O)C(C)(Cc1ccc(OCc2ccccc2)cn1)OC. The highest BCUT2D eigenvalue weighted by Crippen LogP contribution is 2.19. The Morgan fingerprint density at radius 2 is 1.87 bits per heavy atom. The molecular formula is C18H21NO4. The van der Waals surface area contributed by atoms with E-state index in [1.54, 1.807) is 13.1 Å². The number of hydrogen-bond donors (Lipinski definition) is 0. The highest BCUT2D eigenvalue weighted by Gasteiger charge is 2.35. The zero-order valence-corrected chi connectivity index (χ0v) is 13.6.